The highest BCUT2D eigenvalue weighted by molar-refractivity contribution is 5.68. The first kappa shape index (κ1) is 17.4. The van der Waals surface area contributed by atoms with E-state index >= 15 is 0 Å². The predicted molar refractivity (Wildman–Crippen MR) is 89.5 cm³/mol. The first-order valence-electron chi connectivity index (χ1n) is 8.39. The van der Waals surface area contributed by atoms with Crippen LogP contribution in [0.25, 0.3) is 11.4 Å². The molecule has 0 radical (unpaired) electrons. The van der Waals surface area contributed by atoms with Crippen molar-refractivity contribution in [2.24, 2.45) is 0 Å². The van der Waals surface area contributed by atoms with Crippen LogP contribution in [0.2, 0.25) is 0 Å². The Balaban J connectivity index is 1.70. The number of benzene rings is 1. The number of nitrogens with zero attached hydrogens (tertiary/aromatic N) is 3. The number of amides is 1. The third-order valence-electron chi connectivity index (χ3n) is 3.97. The smallest absolute Gasteiger partial charge is 0.410 e. The van der Waals surface area contributed by atoms with Crippen molar-refractivity contribution in [2.45, 2.75) is 45.1 Å². The van der Waals surface area contributed by atoms with Gasteiger partial charge in [-0.25, -0.2) is 9.18 Å². The van der Waals surface area contributed by atoms with Crippen molar-refractivity contribution in [3.63, 3.8) is 0 Å². The van der Waals surface area contributed by atoms with E-state index < -0.39 is 5.60 Å². The molecular formula is C18H22FN3O3. The van der Waals surface area contributed by atoms with Crippen LogP contribution in [0.1, 0.15) is 45.4 Å². The fourth-order valence-corrected chi connectivity index (χ4v) is 2.79. The molecular weight excluding hydrogens is 325 g/mol. The predicted octanol–water partition coefficient (Wildman–Crippen LogP) is 3.99. The van der Waals surface area contributed by atoms with Gasteiger partial charge in [0, 0.05) is 18.7 Å². The van der Waals surface area contributed by atoms with Crippen molar-refractivity contribution in [1.82, 2.24) is 15.0 Å². The summed E-state index contributed by atoms with van der Waals surface area (Å²) in [6.07, 6.45) is 1.39. The molecule has 25 heavy (non-hydrogen) atoms. The zero-order chi connectivity index (χ0) is 18.0. The average Bonchev–Trinajstić information content (AvgIpc) is 3.04. The van der Waals surface area contributed by atoms with Crippen LogP contribution < -0.4 is 0 Å². The minimum absolute atomic E-state index is 0.0250. The number of halogens is 1. The Morgan fingerprint density at radius 1 is 1.32 bits per heavy atom. The molecule has 1 aromatic heterocycles. The number of ether oxygens (including phenoxy) is 1. The van der Waals surface area contributed by atoms with Crippen molar-refractivity contribution in [3.05, 3.63) is 36.0 Å². The van der Waals surface area contributed by atoms with Crippen LogP contribution >= 0.6 is 0 Å². The summed E-state index contributed by atoms with van der Waals surface area (Å²) >= 11 is 0. The molecule has 1 saturated heterocycles. The van der Waals surface area contributed by atoms with Crippen LogP contribution in [0, 0.1) is 5.82 Å². The van der Waals surface area contributed by atoms with Gasteiger partial charge in [-0.15, -0.1) is 0 Å². The number of aromatic nitrogens is 2. The lowest BCUT2D eigenvalue weighted by atomic mass is 9.98. The van der Waals surface area contributed by atoms with E-state index in [0.29, 0.717) is 30.4 Å². The highest BCUT2D eigenvalue weighted by Crippen LogP contribution is 2.28. The van der Waals surface area contributed by atoms with Gasteiger partial charge in [0.25, 0.3) is 0 Å². The number of piperidine rings is 1. The van der Waals surface area contributed by atoms with Gasteiger partial charge in [0.15, 0.2) is 0 Å². The Morgan fingerprint density at radius 2 is 2.04 bits per heavy atom. The fourth-order valence-electron chi connectivity index (χ4n) is 2.79. The van der Waals surface area contributed by atoms with Crippen molar-refractivity contribution >= 4 is 6.09 Å². The van der Waals surface area contributed by atoms with Crippen molar-refractivity contribution in [1.29, 1.82) is 0 Å². The van der Waals surface area contributed by atoms with Gasteiger partial charge in [-0.2, -0.15) is 4.98 Å². The van der Waals surface area contributed by atoms with Crippen LogP contribution in [0.3, 0.4) is 0 Å². The van der Waals surface area contributed by atoms with Gasteiger partial charge >= 0.3 is 6.09 Å². The SMILES string of the molecule is CC(C)(C)OC(=O)N1CCCC(c2nc(-c3ccc(F)cc3)no2)C1. The lowest BCUT2D eigenvalue weighted by molar-refractivity contribution is 0.0189. The Kier molecular flexibility index (Phi) is 4.74. The van der Waals surface area contributed by atoms with E-state index in [4.69, 9.17) is 9.26 Å². The number of carbonyl (C=O) groups is 1. The quantitative estimate of drug-likeness (QED) is 0.821. The summed E-state index contributed by atoms with van der Waals surface area (Å²) in [7, 11) is 0. The molecule has 1 aromatic carbocycles. The Hall–Kier alpha value is -2.44. The molecule has 1 aliphatic rings. The first-order chi connectivity index (χ1) is 11.8. The topological polar surface area (TPSA) is 68.5 Å². The van der Waals surface area contributed by atoms with Crippen LogP contribution in [0.5, 0.6) is 0 Å². The summed E-state index contributed by atoms with van der Waals surface area (Å²) in [6, 6.07) is 5.93. The number of rotatable bonds is 2. The lowest BCUT2D eigenvalue weighted by Crippen LogP contribution is -2.42. The maximum atomic E-state index is 13.0. The molecule has 0 aliphatic carbocycles. The Morgan fingerprint density at radius 3 is 2.72 bits per heavy atom. The van der Waals surface area contributed by atoms with E-state index in [1.54, 1.807) is 17.0 Å². The van der Waals surface area contributed by atoms with Gasteiger partial charge in [0.05, 0.1) is 5.92 Å². The fraction of sp³-hybridized carbons (Fsp3) is 0.500. The Labute approximate surface area is 146 Å². The maximum absolute atomic E-state index is 13.0. The third kappa shape index (κ3) is 4.35. The van der Waals surface area contributed by atoms with Crippen molar-refractivity contribution in [2.75, 3.05) is 13.1 Å². The molecule has 134 valence electrons. The maximum Gasteiger partial charge on any atom is 0.410 e. The second kappa shape index (κ2) is 6.82. The monoisotopic (exact) mass is 347 g/mol. The number of carbonyl (C=O) groups excluding carboxylic acids is 1. The second-order valence-electron chi connectivity index (χ2n) is 7.23. The lowest BCUT2D eigenvalue weighted by Gasteiger charge is -2.32. The molecule has 0 saturated carbocycles. The summed E-state index contributed by atoms with van der Waals surface area (Å²) in [5, 5.41) is 3.98. The summed E-state index contributed by atoms with van der Waals surface area (Å²) < 4.78 is 23.8. The van der Waals surface area contributed by atoms with E-state index in [2.05, 4.69) is 10.1 Å². The van der Waals surface area contributed by atoms with Crippen molar-refractivity contribution in [3.8, 4) is 11.4 Å². The van der Waals surface area contributed by atoms with Gasteiger partial charge < -0.3 is 14.2 Å². The molecule has 2 aromatic rings. The van der Waals surface area contributed by atoms with Crippen LogP contribution in [0.4, 0.5) is 9.18 Å². The molecule has 1 aliphatic heterocycles. The van der Waals surface area contributed by atoms with Gasteiger partial charge in [0.1, 0.15) is 11.4 Å². The minimum Gasteiger partial charge on any atom is -0.444 e. The summed E-state index contributed by atoms with van der Waals surface area (Å²) in [4.78, 5) is 18.4. The number of hydrogen-bond donors (Lipinski definition) is 0. The number of hydrogen-bond acceptors (Lipinski definition) is 5. The van der Waals surface area contributed by atoms with Crippen LogP contribution in [0.15, 0.2) is 28.8 Å². The van der Waals surface area contributed by atoms with E-state index in [1.165, 1.54) is 12.1 Å². The molecule has 1 atom stereocenters. The molecule has 6 nitrogen and oxygen atoms in total. The molecule has 1 unspecified atom stereocenters. The Bertz CT molecular complexity index is 737. The van der Waals surface area contributed by atoms with Gasteiger partial charge in [-0.1, -0.05) is 5.16 Å². The molecule has 3 rings (SSSR count). The number of likely N-dealkylation sites (tertiary alicyclic amines) is 1. The molecule has 0 bridgehead atoms. The molecule has 1 amide bonds. The highest BCUT2D eigenvalue weighted by Gasteiger charge is 2.31. The van der Waals surface area contributed by atoms with Crippen LogP contribution in [-0.4, -0.2) is 39.8 Å². The first-order valence-corrected chi connectivity index (χ1v) is 8.39. The zero-order valence-electron chi connectivity index (χ0n) is 14.7. The minimum atomic E-state index is -0.524. The summed E-state index contributed by atoms with van der Waals surface area (Å²) in [5.74, 6) is 0.577. The van der Waals surface area contributed by atoms with Gasteiger partial charge in [-0.05, 0) is 57.9 Å². The average molecular weight is 347 g/mol. The van der Waals surface area contributed by atoms with E-state index in [0.717, 1.165) is 12.8 Å². The summed E-state index contributed by atoms with van der Waals surface area (Å²) in [5.41, 5.74) is 0.167. The molecule has 0 N–H and O–H groups in total. The van der Waals surface area contributed by atoms with E-state index in [9.17, 15) is 9.18 Å². The normalized spacial score (nSPS) is 18.2. The molecule has 0 spiro atoms. The summed E-state index contributed by atoms with van der Waals surface area (Å²) in [6.45, 7) is 6.68. The molecule has 1 fully saturated rings. The largest absolute Gasteiger partial charge is 0.444 e. The van der Waals surface area contributed by atoms with Gasteiger partial charge in [0.2, 0.25) is 11.7 Å². The van der Waals surface area contributed by atoms with Crippen molar-refractivity contribution < 1.29 is 18.4 Å². The van der Waals surface area contributed by atoms with Crippen LogP contribution in [-0.2, 0) is 4.74 Å². The van der Waals surface area contributed by atoms with E-state index in [-0.39, 0.29) is 17.8 Å². The van der Waals surface area contributed by atoms with E-state index in [1.807, 2.05) is 20.8 Å². The molecule has 2 heterocycles. The zero-order valence-corrected chi connectivity index (χ0v) is 14.7. The molecule has 7 heteroatoms. The second-order valence-corrected chi connectivity index (χ2v) is 7.23. The van der Waals surface area contributed by atoms with Gasteiger partial charge in [-0.3, -0.25) is 0 Å². The highest BCUT2D eigenvalue weighted by atomic mass is 19.1. The third-order valence-corrected chi connectivity index (χ3v) is 3.97. The standard InChI is InChI=1S/C18H22FN3O3/c1-18(2,3)24-17(23)22-10-4-5-13(11-22)16-20-15(21-25-16)12-6-8-14(19)9-7-12/h6-9,13H,4-5,10-11H2,1-3H3.